The Morgan fingerprint density at radius 3 is 2.56 bits per heavy atom. The number of carbonyl (C=O) groups is 1. The van der Waals surface area contributed by atoms with E-state index in [-0.39, 0.29) is 0 Å². The maximum atomic E-state index is 10.5. The van der Waals surface area contributed by atoms with E-state index in [2.05, 4.69) is 4.98 Å². The fourth-order valence-electron chi connectivity index (χ4n) is 1.18. The summed E-state index contributed by atoms with van der Waals surface area (Å²) >= 11 is 5.74. The van der Waals surface area contributed by atoms with Crippen LogP contribution in [0.1, 0.15) is 10.5 Å². The van der Waals surface area contributed by atoms with Gasteiger partial charge in [-0.25, -0.2) is 4.98 Å². The predicted molar refractivity (Wildman–Crippen MR) is 61.2 cm³/mol. The second-order valence-electron chi connectivity index (χ2n) is 3.07. The van der Waals surface area contributed by atoms with E-state index in [1.165, 1.54) is 0 Å². The van der Waals surface area contributed by atoms with Crippen LogP contribution in [-0.4, -0.2) is 11.3 Å². The quantitative estimate of drug-likeness (QED) is 0.764. The number of ether oxygens (including phenoxy) is 1. The Hall–Kier alpha value is -1.87. The van der Waals surface area contributed by atoms with Gasteiger partial charge in [0.15, 0.2) is 6.29 Å². The molecule has 0 bridgehead atoms. The molecule has 4 heteroatoms. The monoisotopic (exact) mass is 233 g/mol. The Balaban J connectivity index is 2.20. The number of pyridine rings is 1. The van der Waals surface area contributed by atoms with Gasteiger partial charge in [0.05, 0.1) is 0 Å². The number of aldehydes is 1. The van der Waals surface area contributed by atoms with Crippen molar-refractivity contribution in [3.8, 4) is 11.6 Å². The van der Waals surface area contributed by atoms with Crippen molar-refractivity contribution in [3.05, 3.63) is 53.2 Å². The molecule has 80 valence electrons. The van der Waals surface area contributed by atoms with Crippen LogP contribution in [0.4, 0.5) is 0 Å². The summed E-state index contributed by atoms with van der Waals surface area (Å²) in [6, 6.07) is 11.9. The highest BCUT2D eigenvalue weighted by atomic mass is 35.5. The molecule has 0 aliphatic carbocycles. The van der Waals surface area contributed by atoms with Gasteiger partial charge >= 0.3 is 0 Å². The molecule has 1 heterocycles. The number of carbonyl (C=O) groups excluding carboxylic acids is 1. The third kappa shape index (κ3) is 2.58. The maximum absolute atomic E-state index is 10.5. The Kier molecular flexibility index (Phi) is 3.17. The summed E-state index contributed by atoms with van der Waals surface area (Å²) in [5.74, 6) is 1.01. The highest BCUT2D eigenvalue weighted by Gasteiger charge is 1.99. The molecular formula is C12H8ClNO2. The molecule has 0 fully saturated rings. The zero-order valence-electron chi connectivity index (χ0n) is 8.26. The average molecular weight is 234 g/mol. The topological polar surface area (TPSA) is 39.2 Å². The summed E-state index contributed by atoms with van der Waals surface area (Å²) in [5, 5.41) is 0.641. The first-order chi connectivity index (χ1) is 7.78. The number of halogens is 1. The molecule has 0 atom stereocenters. The maximum Gasteiger partial charge on any atom is 0.219 e. The molecule has 2 aromatic rings. The van der Waals surface area contributed by atoms with E-state index in [4.69, 9.17) is 16.3 Å². The molecule has 3 nitrogen and oxygen atoms in total. The summed E-state index contributed by atoms with van der Waals surface area (Å²) in [6.07, 6.45) is 0.675. The normalized spacial score (nSPS) is 9.81. The van der Waals surface area contributed by atoms with Gasteiger partial charge in [0.25, 0.3) is 0 Å². The number of hydrogen-bond donors (Lipinski definition) is 0. The third-order valence-electron chi connectivity index (χ3n) is 1.90. The Labute approximate surface area is 97.7 Å². The zero-order chi connectivity index (χ0) is 11.4. The van der Waals surface area contributed by atoms with Crippen molar-refractivity contribution in [1.82, 2.24) is 4.98 Å². The van der Waals surface area contributed by atoms with E-state index in [1.807, 2.05) is 0 Å². The molecule has 2 rings (SSSR count). The third-order valence-corrected chi connectivity index (χ3v) is 2.15. The van der Waals surface area contributed by atoms with Gasteiger partial charge < -0.3 is 4.74 Å². The molecule has 0 aliphatic heterocycles. The molecule has 0 saturated carbocycles. The summed E-state index contributed by atoms with van der Waals surface area (Å²) < 4.78 is 5.45. The number of benzene rings is 1. The van der Waals surface area contributed by atoms with Gasteiger partial charge in [0.1, 0.15) is 11.4 Å². The molecule has 16 heavy (non-hydrogen) atoms. The van der Waals surface area contributed by atoms with E-state index < -0.39 is 0 Å². The van der Waals surface area contributed by atoms with Crippen molar-refractivity contribution < 1.29 is 9.53 Å². The predicted octanol–water partition coefficient (Wildman–Crippen LogP) is 3.34. The van der Waals surface area contributed by atoms with Gasteiger partial charge in [0.2, 0.25) is 5.88 Å². The number of aromatic nitrogens is 1. The highest BCUT2D eigenvalue weighted by Crippen LogP contribution is 2.21. The van der Waals surface area contributed by atoms with Crippen LogP contribution in [-0.2, 0) is 0 Å². The second kappa shape index (κ2) is 4.77. The van der Waals surface area contributed by atoms with Gasteiger partial charge in [-0.3, -0.25) is 4.79 Å². The molecule has 0 radical (unpaired) electrons. The van der Waals surface area contributed by atoms with E-state index in [0.29, 0.717) is 28.6 Å². The fraction of sp³-hybridized carbons (Fsp3) is 0. The summed E-state index contributed by atoms with van der Waals surface area (Å²) in [4.78, 5) is 14.5. The van der Waals surface area contributed by atoms with Crippen LogP contribution in [0, 0.1) is 0 Å². The summed E-state index contributed by atoms with van der Waals surface area (Å²) in [6.45, 7) is 0. The van der Waals surface area contributed by atoms with E-state index in [0.717, 1.165) is 0 Å². The number of nitrogens with zero attached hydrogens (tertiary/aromatic N) is 1. The Morgan fingerprint density at radius 1 is 1.12 bits per heavy atom. The van der Waals surface area contributed by atoms with Gasteiger partial charge in [-0.05, 0) is 30.3 Å². The smallest absolute Gasteiger partial charge is 0.219 e. The minimum atomic E-state index is 0.339. The van der Waals surface area contributed by atoms with Crippen molar-refractivity contribution in [2.75, 3.05) is 0 Å². The standard InChI is InChI=1S/C12H8ClNO2/c13-9-4-6-11(7-5-9)16-12-3-1-2-10(8-15)14-12/h1-8H. The van der Waals surface area contributed by atoms with Crippen LogP contribution >= 0.6 is 11.6 Å². The van der Waals surface area contributed by atoms with Crippen LogP contribution in [0.2, 0.25) is 5.02 Å². The molecule has 0 aliphatic rings. The minimum absolute atomic E-state index is 0.339. The van der Waals surface area contributed by atoms with Crippen molar-refractivity contribution in [2.24, 2.45) is 0 Å². The SMILES string of the molecule is O=Cc1cccc(Oc2ccc(Cl)cc2)n1. The van der Waals surface area contributed by atoms with Crippen LogP contribution < -0.4 is 4.74 Å². The Bertz CT molecular complexity index is 497. The van der Waals surface area contributed by atoms with Crippen molar-refractivity contribution in [1.29, 1.82) is 0 Å². The number of rotatable bonds is 3. The fourth-order valence-corrected chi connectivity index (χ4v) is 1.30. The summed E-state index contributed by atoms with van der Waals surface area (Å²) in [7, 11) is 0. The lowest BCUT2D eigenvalue weighted by molar-refractivity contribution is 0.111. The highest BCUT2D eigenvalue weighted by molar-refractivity contribution is 6.30. The molecule has 0 unspecified atom stereocenters. The first kappa shape index (κ1) is 10.6. The first-order valence-electron chi connectivity index (χ1n) is 4.63. The molecule has 1 aromatic carbocycles. The molecule has 0 amide bonds. The zero-order valence-corrected chi connectivity index (χ0v) is 9.02. The van der Waals surface area contributed by atoms with Crippen LogP contribution in [0.15, 0.2) is 42.5 Å². The van der Waals surface area contributed by atoms with Crippen LogP contribution in [0.3, 0.4) is 0 Å². The summed E-state index contributed by atoms with van der Waals surface area (Å²) in [5.41, 5.74) is 0.339. The second-order valence-corrected chi connectivity index (χ2v) is 3.51. The molecule has 1 aromatic heterocycles. The van der Waals surface area contributed by atoms with Crippen LogP contribution in [0.25, 0.3) is 0 Å². The van der Waals surface area contributed by atoms with Crippen molar-refractivity contribution in [3.63, 3.8) is 0 Å². The van der Waals surface area contributed by atoms with E-state index >= 15 is 0 Å². The van der Waals surface area contributed by atoms with Gasteiger partial charge in [-0.15, -0.1) is 0 Å². The molecule has 0 saturated heterocycles. The minimum Gasteiger partial charge on any atom is -0.439 e. The number of hydrogen-bond acceptors (Lipinski definition) is 3. The van der Waals surface area contributed by atoms with E-state index in [9.17, 15) is 4.79 Å². The first-order valence-corrected chi connectivity index (χ1v) is 5.01. The largest absolute Gasteiger partial charge is 0.439 e. The lowest BCUT2D eigenvalue weighted by Crippen LogP contribution is -1.91. The molecule has 0 N–H and O–H groups in total. The van der Waals surface area contributed by atoms with Gasteiger partial charge in [-0.1, -0.05) is 17.7 Å². The lowest BCUT2D eigenvalue weighted by Gasteiger charge is -2.04. The average Bonchev–Trinajstić information content (AvgIpc) is 2.32. The molecular weight excluding hydrogens is 226 g/mol. The van der Waals surface area contributed by atoms with Gasteiger partial charge in [-0.2, -0.15) is 0 Å². The van der Waals surface area contributed by atoms with Gasteiger partial charge in [0, 0.05) is 11.1 Å². The van der Waals surface area contributed by atoms with Crippen molar-refractivity contribution in [2.45, 2.75) is 0 Å². The lowest BCUT2D eigenvalue weighted by atomic mass is 10.3. The molecule has 0 spiro atoms. The van der Waals surface area contributed by atoms with Crippen molar-refractivity contribution >= 4 is 17.9 Å². The Morgan fingerprint density at radius 2 is 1.88 bits per heavy atom. The van der Waals surface area contributed by atoms with E-state index in [1.54, 1.807) is 42.5 Å². The van der Waals surface area contributed by atoms with Crippen LogP contribution in [0.5, 0.6) is 11.6 Å².